The van der Waals surface area contributed by atoms with Gasteiger partial charge in [0, 0.05) is 30.4 Å². The summed E-state index contributed by atoms with van der Waals surface area (Å²) in [4.78, 5) is 20.5. The monoisotopic (exact) mass is 355 g/mol. The molecule has 0 saturated carbocycles. The molecule has 6 heteroatoms. The molecule has 25 heavy (non-hydrogen) atoms. The molecule has 1 aromatic carbocycles. The molecule has 0 bridgehead atoms. The first kappa shape index (κ1) is 17.2. The lowest BCUT2D eigenvalue weighted by Crippen LogP contribution is -2.18. The van der Waals surface area contributed by atoms with Crippen LogP contribution in [0.25, 0.3) is 11.3 Å². The average Bonchev–Trinajstić information content (AvgIpc) is 2.55. The second-order valence-electron chi connectivity index (χ2n) is 6.01. The van der Waals surface area contributed by atoms with Crippen LogP contribution in [0.5, 0.6) is 11.8 Å². The maximum absolute atomic E-state index is 11.9. The van der Waals surface area contributed by atoms with Crippen LogP contribution in [0.3, 0.4) is 0 Å². The van der Waals surface area contributed by atoms with Gasteiger partial charge < -0.3 is 9.30 Å². The van der Waals surface area contributed by atoms with Gasteiger partial charge in [-0.3, -0.25) is 4.79 Å². The van der Waals surface area contributed by atoms with E-state index in [0.29, 0.717) is 17.0 Å². The lowest BCUT2D eigenvalue weighted by Gasteiger charge is -2.11. The molecule has 3 aromatic rings. The summed E-state index contributed by atoms with van der Waals surface area (Å²) in [5.41, 5.74) is 3.93. The van der Waals surface area contributed by atoms with Gasteiger partial charge >= 0.3 is 6.01 Å². The predicted octanol–water partition coefficient (Wildman–Crippen LogP) is 4.21. The molecule has 2 heterocycles. The Balaban J connectivity index is 2.06. The van der Waals surface area contributed by atoms with Crippen LogP contribution in [0.4, 0.5) is 0 Å². The summed E-state index contributed by atoms with van der Waals surface area (Å²) in [5.74, 6) is 0.715. The van der Waals surface area contributed by atoms with Crippen molar-refractivity contribution in [1.82, 2.24) is 14.5 Å². The minimum absolute atomic E-state index is 0.0455. The second-order valence-corrected chi connectivity index (χ2v) is 6.40. The molecule has 0 saturated heterocycles. The molecule has 0 fully saturated rings. The van der Waals surface area contributed by atoms with Gasteiger partial charge in [-0.2, -0.15) is 9.97 Å². The van der Waals surface area contributed by atoms with Gasteiger partial charge in [-0.05, 0) is 38.0 Å². The molecular formula is C19H18ClN3O2. The zero-order valence-corrected chi connectivity index (χ0v) is 15.3. The number of aryl methyl sites for hydroxylation is 4. The summed E-state index contributed by atoms with van der Waals surface area (Å²) in [7, 11) is 1.70. The van der Waals surface area contributed by atoms with Crippen LogP contribution >= 0.6 is 11.6 Å². The fraction of sp³-hybridized carbons (Fsp3) is 0.211. The van der Waals surface area contributed by atoms with Crippen LogP contribution in [0.1, 0.15) is 16.7 Å². The molecule has 128 valence electrons. The Hall–Kier alpha value is -2.66. The van der Waals surface area contributed by atoms with E-state index in [2.05, 4.69) is 9.97 Å². The number of rotatable bonds is 3. The summed E-state index contributed by atoms with van der Waals surface area (Å²) in [6, 6.07) is 9.50. The summed E-state index contributed by atoms with van der Waals surface area (Å²) in [6.45, 7) is 5.69. The van der Waals surface area contributed by atoms with E-state index in [1.165, 1.54) is 4.57 Å². The molecule has 0 amide bonds. The van der Waals surface area contributed by atoms with Gasteiger partial charge in [0.05, 0.1) is 5.69 Å². The largest absolute Gasteiger partial charge is 0.424 e. The SMILES string of the molecule is Cc1cccc(C)c1Oc1nc(Cl)cc(-c2cc(C)c(=O)n(C)c2)n1. The van der Waals surface area contributed by atoms with Gasteiger partial charge in [-0.1, -0.05) is 29.8 Å². The number of pyridine rings is 1. The van der Waals surface area contributed by atoms with Crippen molar-refractivity contribution in [2.75, 3.05) is 0 Å². The van der Waals surface area contributed by atoms with Crippen LogP contribution in [0, 0.1) is 20.8 Å². The van der Waals surface area contributed by atoms with Gasteiger partial charge in [0.15, 0.2) is 0 Å². The van der Waals surface area contributed by atoms with Gasteiger partial charge in [0.2, 0.25) is 0 Å². The third kappa shape index (κ3) is 3.56. The molecule has 0 atom stereocenters. The average molecular weight is 356 g/mol. The summed E-state index contributed by atoms with van der Waals surface area (Å²) in [5, 5.41) is 0.276. The fourth-order valence-corrected chi connectivity index (χ4v) is 2.84. The third-order valence-electron chi connectivity index (χ3n) is 3.93. The Morgan fingerprint density at radius 3 is 2.36 bits per heavy atom. The Kier molecular flexibility index (Phi) is 4.59. The fourth-order valence-electron chi connectivity index (χ4n) is 2.66. The highest BCUT2D eigenvalue weighted by atomic mass is 35.5. The van der Waals surface area contributed by atoms with Gasteiger partial charge in [0.1, 0.15) is 10.9 Å². The van der Waals surface area contributed by atoms with E-state index in [1.807, 2.05) is 32.0 Å². The molecule has 0 spiro atoms. The molecule has 0 aliphatic heterocycles. The van der Waals surface area contributed by atoms with E-state index < -0.39 is 0 Å². The number of ether oxygens (including phenoxy) is 1. The topological polar surface area (TPSA) is 57.0 Å². The van der Waals surface area contributed by atoms with Crippen molar-refractivity contribution in [1.29, 1.82) is 0 Å². The molecule has 3 rings (SSSR count). The van der Waals surface area contributed by atoms with E-state index in [9.17, 15) is 4.79 Å². The minimum atomic E-state index is -0.0455. The zero-order chi connectivity index (χ0) is 18.1. The number of para-hydroxylation sites is 1. The van der Waals surface area contributed by atoms with Crippen molar-refractivity contribution < 1.29 is 4.74 Å². The van der Waals surface area contributed by atoms with Crippen molar-refractivity contribution in [3.8, 4) is 23.0 Å². The van der Waals surface area contributed by atoms with Gasteiger partial charge in [-0.25, -0.2) is 0 Å². The Labute approximate surface area is 150 Å². The molecule has 0 radical (unpaired) electrons. The molecule has 5 nitrogen and oxygen atoms in total. The molecule has 0 N–H and O–H groups in total. The van der Waals surface area contributed by atoms with Gasteiger partial charge in [0.25, 0.3) is 5.56 Å². The minimum Gasteiger partial charge on any atom is -0.424 e. The van der Waals surface area contributed by atoms with E-state index in [0.717, 1.165) is 16.7 Å². The molecule has 0 aliphatic rings. The Morgan fingerprint density at radius 2 is 1.72 bits per heavy atom. The van der Waals surface area contributed by atoms with E-state index >= 15 is 0 Å². The molecule has 2 aromatic heterocycles. The van der Waals surface area contributed by atoms with Crippen molar-refractivity contribution in [3.63, 3.8) is 0 Å². The van der Waals surface area contributed by atoms with Crippen LogP contribution in [0.15, 0.2) is 41.3 Å². The second kappa shape index (κ2) is 6.69. The lowest BCUT2D eigenvalue weighted by molar-refractivity contribution is 0.436. The number of hydrogen-bond acceptors (Lipinski definition) is 4. The summed E-state index contributed by atoms with van der Waals surface area (Å²) >= 11 is 6.16. The normalized spacial score (nSPS) is 10.8. The first-order valence-corrected chi connectivity index (χ1v) is 8.19. The Morgan fingerprint density at radius 1 is 1.04 bits per heavy atom. The van der Waals surface area contributed by atoms with E-state index in [-0.39, 0.29) is 16.7 Å². The first-order chi connectivity index (χ1) is 11.8. The lowest BCUT2D eigenvalue weighted by atomic mass is 10.1. The number of hydrogen-bond donors (Lipinski definition) is 0. The van der Waals surface area contributed by atoms with Crippen LogP contribution in [-0.2, 0) is 7.05 Å². The van der Waals surface area contributed by atoms with Crippen LogP contribution in [0.2, 0.25) is 5.15 Å². The van der Waals surface area contributed by atoms with E-state index in [4.69, 9.17) is 16.3 Å². The van der Waals surface area contributed by atoms with Crippen LogP contribution < -0.4 is 10.3 Å². The summed E-state index contributed by atoms with van der Waals surface area (Å²) < 4.78 is 7.41. The predicted molar refractivity (Wildman–Crippen MR) is 98.4 cm³/mol. The third-order valence-corrected chi connectivity index (χ3v) is 4.13. The quantitative estimate of drug-likeness (QED) is 0.660. The standard InChI is InChI=1S/C19H18ClN3O2/c1-11-6-5-7-12(2)17(11)25-19-21-15(9-16(20)22-19)14-8-13(3)18(24)23(4)10-14/h5-10H,1-4H3. The molecule has 0 unspecified atom stereocenters. The Bertz CT molecular complexity index is 966. The van der Waals surface area contributed by atoms with Crippen molar-refractivity contribution in [2.24, 2.45) is 7.05 Å². The molecule has 0 aliphatic carbocycles. The molecular weight excluding hydrogens is 338 g/mol. The van der Waals surface area contributed by atoms with Crippen molar-refractivity contribution >= 4 is 11.6 Å². The highest BCUT2D eigenvalue weighted by Crippen LogP contribution is 2.29. The number of aromatic nitrogens is 3. The van der Waals surface area contributed by atoms with Gasteiger partial charge in [-0.15, -0.1) is 0 Å². The van der Waals surface area contributed by atoms with E-state index in [1.54, 1.807) is 32.3 Å². The summed E-state index contributed by atoms with van der Waals surface area (Å²) in [6.07, 6.45) is 1.72. The smallest absolute Gasteiger partial charge is 0.323 e. The maximum Gasteiger partial charge on any atom is 0.323 e. The zero-order valence-electron chi connectivity index (χ0n) is 14.5. The highest BCUT2D eigenvalue weighted by molar-refractivity contribution is 6.29. The first-order valence-electron chi connectivity index (χ1n) is 7.81. The number of nitrogens with zero attached hydrogens (tertiary/aromatic N) is 3. The van der Waals surface area contributed by atoms with Crippen molar-refractivity contribution in [3.05, 3.63) is 68.7 Å². The highest BCUT2D eigenvalue weighted by Gasteiger charge is 2.12. The number of halogens is 1. The van der Waals surface area contributed by atoms with Crippen LogP contribution in [-0.4, -0.2) is 14.5 Å². The van der Waals surface area contributed by atoms with Crippen molar-refractivity contribution in [2.45, 2.75) is 20.8 Å². The number of benzene rings is 1. The maximum atomic E-state index is 11.9.